The molecule has 1 heterocycles. The zero-order valence-corrected chi connectivity index (χ0v) is 29.1. The lowest BCUT2D eigenvalue weighted by atomic mass is 10.0. The molecule has 3 rings (SSSR count). The fraction of sp³-hybridized carbons (Fsp3) is 0.486. The smallest absolute Gasteiger partial charge is 0.255 e. The highest BCUT2D eigenvalue weighted by Gasteiger charge is 2.32. The third kappa shape index (κ3) is 11.7. The molecule has 1 aliphatic rings. The lowest BCUT2D eigenvalue weighted by Gasteiger charge is -2.26. The second-order valence-corrected chi connectivity index (χ2v) is 12.4. The number of hydrogen-bond donors (Lipinski definition) is 6. The standard InChI is InChI=1S/C35H48N6O9/c1-20(2)31-35(47)38-21(3)19-50-26-11-7-6-10-23(26)32(44)40-25(18-30(43)39-24(34(46)41-31)13-15-29(36)42)33(45)37-16-8-9-22-12-14-27(48-4)28(17-22)49-5/h6-7,10-12,14,17,20-21,24-25,31H,8-9,13,15-16,18-19H2,1-5H3,(H2,36,42)(H,37,45)(H,38,47)(H,39,43)(H,40,44)(H,41,46)/t21-,24-,25-,31+/m0/s1. The number of aryl methyl sites for hydroxylation is 1. The number of benzene rings is 2. The Morgan fingerprint density at radius 2 is 1.68 bits per heavy atom. The van der Waals surface area contributed by atoms with E-state index in [9.17, 15) is 28.8 Å². The molecule has 4 atom stereocenters. The van der Waals surface area contributed by atoms with Crippen molar-refractivity contribution in [2.75, 3.05) is 27.4 Å². The first-order chi connectivity index (χ1) is 23.8. The van der Waals surface area contributed by atoms with Gasteiger partial charge in [-0.25, -0.2) is 0 Å². The summed E-state index contributed by atoms with van der Waals surface area (Å²) < 4.78 is 16.5. The van der Waals surface area contributed by atoms with Crippen molar-refractivity contribution < 1.29 is 43.0 Å². The minimum absolute atomic E-state index is 0.0138. The van der Waals surface area contributed by atoms with Gasteiger partial charge in [0, 0.05) is 13.0 Å². The first-order valence-corrected chi connectivity index (χ1v) is 16.5. The number of nitrogens with two attached hydrogens (primary N) is 1. The summed E-state index contributed by atoms with van der Waals surface area (Å²) >= 11 is 0. The predicted octanol–water partition coefficient (Wildman–Crippen LogP) is 0.730. The number of amides is 6. The highest BCUT2D eigenvalue weighted by molar-refractivity contribution is 6.01. The molecule has 15 nitrogen and oxygen atoms in total. The largest absolute Gasteiger partial charge is 0.493 e. The van der Waals surface area contributed by atoms with Crippen LogP contribution >= 0.6 is 0 Å². The molecule has 0 aliphatic carbocycles. The van der Waals surface area contributed by atoms with Gasteiger partial charge in [0.15, 0.2) is 11.5 Å². The summed E-state index contributed by atoms with van der Waals surface area (Å²) in [4.78, 5) is 78.6. The number of primary amides is 1. The molecule has 0 spiro atoms. The Bertz CT molecular complexity index is 1530. The molecule has 50 heavy (non-hydrogen) atoms. The van der Waals surface area contributed by atoms with Crippen molar-refractivity contribution in [3.63, 3.8) is 0 Å². The van der Waals surface area contributed by atoms with Gasteiger partial charge in [0.05, 0.1) is 32.2 Å². The molecule has 15 heteroatoms. The second kappa shape index (κ2) is 19.0. The zero-order valence-electron chi connectivity index (χ0n) is 29.1. The maximum atomic E-state index is 13.5. The highest BCUT2D eigenvalue weighted by atomic mass is 16.5. The molecule has 6 amide bonds. The Kier molecular flexibility index (Phi) is 14.9. The fourth-order valence-electron chi connectivity index (χ4n) is 5.26. The molecule has 272 valence electrons. The van der Waals surface area contributed by atoms with Crippen LogP contribution in [0.25, 0.3) is 0 Å². The van der Waals surface area contributed by atoms with E-state index in [0.717, 1.165) is 5.56 Å². The van der Waals surface area contributed by atoms with E-state index in [-0.39, 0.29) is 43.2 Å². The first-order valence-electron chi connectivity index (χ1n) is 16.5. The summed E-state index contributed by atoms with van der Waals surface area (Å²) in [7, 11) is 3.09. The molecular weight excluding hydrogens is 648 g/mol. The third-order valence-corrected chi connectivity index (χ3v) is 7.99. The SMILES string of the molecule is COc1ccc(CCCNC(=O)[C@@H]2CC(=O)N[C@@H](CCC(N)=O)C(=O)N[C@H](C(C)C)C(=O)N[C@@H](C)COc3ccccc3C(=O)N2)cc1OC. The van der Waals surface area contributed by atoms with Crippen LogP contribution in [0.4, 0.5) is 0 Å². The van der Waals surface area contributed by atoms with Crippen LogP contribution in [-0.4, -0.2) is 87.0 Å². The fourth-order valence-corrected chi connectivity index (χ4v) is 5.26. The number of fused-ring (bicyclic) bond motifs is 1. The van der Waals surface area contributed by atoms with Crippen molar-refractivity contribution in [1.82, 2.24) is 26.6 Å². The van der Waals surface area contributed by atoms with Gasteiger partial charge in [-0.1, -0.05) is 32.0 Å². The molecule has 7 N–H and O–H groups in total. The van der Waals surface area contributed by atoms with Crippen LogP contribution < -0.4 is 46.5 Å². The van der Waals surface area contributed by atoms with E-state index >= 15 is 0 Å². The van der Waals surface area contributed by atoms with Gasteiger partial charge in [0.1, 0.15) is 30.5 Å². The summed E-state index contributed by atoms with van der Waals surface area (Å²) in [6.45, 7) is 5.40. The molecule has 0 saturated carbocycles. The van der Waals surface area contributed by atoms with Gasteiger partial charge in [-0.05, 0) is 61.9 Å². The Balaban J connectivity index is 1.86. The maximum Gasteiger partial charge on any atom is 0.255 e. The number of rotatable bonds is 11. The molecule has 0 unspecified atom stereocenters. The van der Waals surface area contributed by atoms with E-state index < -0.39 is 66.0 Å². The molecule has 0 fully saturated rings. The number of ether oxygens (including phenoxy) is 3. The molecule has 1 aliphatic heterocycles. The van der Waals surface area contributed by atoms with E-state index in [1.54, 1.807) is 59.3 Å². The van der Waals surface area contributed by atoms with E-state index in [0.29, 0.717) is 24.3 Å². The van der Waals surface area contributed by atoms with Crippen LogP contribution in [0.15, 0.2) is 42.5 Å². The van der Waals surface area contributed by atoms with Crippen molar-refractivity contribution in [3.05, 3.63) is 53.6 Å². The van der Waals surface area contributed by atoms with Gasteiger partial charge in [0.2, 0.25) is 29.5 Å². The number of methoxy groups -OCH3 is 2. The van der Waals surface area contributed by atoms with Gasteiger partial charge in [0.25, 0.3) is 5.91 Å². The summed E-state index contributed by atoms with van der Waals surface area (Å²) in [5, 5.41) is 13.4. The van der Waals surface area contributed by atoms with Crippen LogP contribution in [0.2, 0.25) is 0 Å². The van der Waals surface area contributed by atoms with Gasteiger partial charge < -0.3 is 46.5 Å². The normalized spacial score (nSPS) is 20.5. The number of hydrogen-bond acceptors (Lipinski definition) is 9. The van der Waals surface area contributed by atoms with Crippen molar-refractivity contribution in [2.45, 2.75) is 77.0 Å². The molecule has 0 aromatic heterocycles. The van der Waals surface area contributed by atoms with Crippen LogP contribution in [-0.2, 0) is 30.4 Å². The third-order valence-electron chi connectivity index (χ3n) is 7.99. The summed E-state index contributed by atoms with van der Waals surface area (Å²) in [6.07, 6.45) is 0.190. The molecular formula is C35H48N6O9. The highest BCUT2D eigenvalue weighted by Crippen LogP contribution is 2.28. The first kappa shape index (κ1) is 39.1. The zero-order chi connectivity index (χ0) is 36.8. The van der Waals surface area contributed by atoms with Crippen LogP contribution in [0, 0.1) is 5.92 Å². The van der Waals surface area contributed by atoms with Gasteiger partial charge in [-0.3, -0.25) is 28.8 Å². The van der Waals surface area contributed by atoms with Crippen molar-refractivity contribution in [1.29, 1.82) is 0 Å². The second-order valence-electron chi connectivity index (χ2n) is 12.4. The van der Waals surface area contributed by atoms with Crippen molar-refractivity contribution >= 4 is 35.4 Å². The molecule has 0 bridgehead atoms. The van der Waals surface area contributed by atoms with Gasteiger partial charge in [-0.2, -0.15) is 0 Å². The number of carbonyl (C=O) groups excluding carboxylic acids is 6. The molecule has 2 aromatic carbocycles. The quantitative estimate of drug-likeness (QED) is 0.182. The van der Waals surface area contributed by atoms with Crippen LogP contribution in [0.3, 0.4) is 0 Å². The Morgan fingerprint density at radius 3 is 2.36 bits per heavy atom. The van der Waals surface area contributed by atoms with Crippen LogP contribution in [0.1, 0.15) is 62.4 Å². The monoisotopic (exact) mass is 696 g/mol. The summed E-state index contributed by atoms with van der Waals surface area (Å²) in [5.74, 6) is -2.92. The molecule has 2 aromatic rings. The van der Waals surface area contributed by atoms with Gasteiger partial charge >= 0.3 is 0 Å². The Morgan fingerprint density at radius 1 is 0.960 bits per heavy atom. The van der Waals surface area contributed by atoms with E-state index in [2.05, 4.69) is 26.6 Å². The molecule has 0 radical (unpaired) electrons. The summed E-state index contributed by atoms with van der Waals surface area (Å²) in [5.41, 5.74) is 6.39. The number of carbonyl (C=O) groups is 6. The summed E-state index contributed by atoms with van der Waals surface area (Å²) in [6, 6.07) is 7.78. The van der Waals surface area contributed by atoms with E-state index in [4.69, 9.17) is 19.9 Å². The number of para-hydroxylation sites is 1. The lowest BCUT2D eigenvalue weighted by Crippen LogP contribution is -2.57. The Labute approximate surface area is 291 Å². The average molecular weight is 697 g/mol. The number of nitrogens with one attached hydrogen (secondary N) is 5. The minimum atomic E-state index is -1.35. The van der Waals surface area contributed by atoms with Crippen molar-refractivity contribution in [3.8, 4) is 17.2 Å². The average Bonchev–Trinajstić information content (AvgIpc) is 3.08. The van der Waals surface area contributed by atoms with Gasteiger partial charge in [-0.15, -0.1) is 0 Å². The topological polar surface area (TPSA) is 216 Å². The lowest BCUT2D eigenvalue weighted by molar-refractivity contribution is -0.134. The van der Waals surface area contributed by atoms with Crippen molar-refractivity contribution in [2.24, 2.45) is 11.7 Å². The van der Waals surface area contributed by atoms with Crippen LogP contribution in [0.5, 0.6) is 17.2 Å². The predicted molar refractivity (Wildman–Crippen MR) is 183 cm³/mol. The Hall–Kier alpha value is -5.34. The van der Waals surface area contributed by atoms with E-state index in [1.165, 1.54) is 6.07 Å². The van der Waals surface area contributed by atoms with E-state index in [1.807, 2.05) is 12.1 Å². The minimum Gasteiger partial charge on any atom is -0.493 e. The maximum absolute atomic E-state index is 13.5. The molecule has 0 saturated heterocycles.